The molecule has 0 aromatic heterocycles. The summed E-state index contributed by atoms with van der Waals surface area (Å²) in [5.74, 6) is 0.988. The summed E-state index contributed by atoms with van der Waals surface area (Å²) < 4.78 is 5.85. The van der Waals surface area contributed by atoms with Crippen LogP contribution >= 0.6 is 0 Å². The quantitative estimate of drug-likeness (QED) is 0.683. The van der Waals surface area contributed by atoms with Gasteiger partial charge in [-0.25, -0.2) is 0 Å². The van der Waals surface area contributed by atoms with Gasteiger partial charge >= 0.3 is 0 Å². The van der Waals surface area contributed by atoms with E-state index in [0.29, 0.717) is 6.54 Å². The molecule has 0 atom stereocenters. The van der Waals surface area contributed by atoms with Crippen LogP contribution in [0, 0.1) is 0 Å². The molecule has 102 valence electrons. The Bertz CT molecular complexity index is 324. The van der Waals surface area contributed by atoms with Crippen LogP contribution in [0.5, 0.6) is 5.75 Å². The fraction of sp³-hybridized carbons (Fsp3) is 0.600. The predicted molar refractivity (Wildman–Crippen MR) is 77.1 cm³/mol. The van der Waals surface area contributed by atoms with Crippen molar-refractivity contribution in [3.05, 3.63) is 29.8 Å². The minimum Gasteiger partial charge on any atom is -0.493 e. The number of rotatable bonds is 9. The lowest BCUT2D eigenvalue weighted by molar-refractivity contribution is 0.248. The third-order valence-electron chi connectivity index (χ3n) is 3.16. The molecule has 1 rings (SSSR count). The van der Waals surface area contributed by atoms with E-state index in [9.17, 15) is 0 Å². The van der Waals surface area contributed by atoms with E-state index in [2.05, 4.69) is 24.8 Å². The Hall–Kier alpha value is -1.06. The largest absolute Gasteiger partial charge is 0.493 e. The maximum atomic E-state index is 5.85. The Morgan fingerprint density at radius 3 is 2.56 bits per heavy atom. The summed E-state index contributed by atoms with van der Waals surface area (Å²) in [6.07, 6.45) is 1.95. The monoisotopic (exact) mass is 250 g/mol. The van der Waals surface area contributed by atoms with Gasteiger partial charge in [-0.05, 0) is 44.1 Å². The van der Waals surface area contributed by atoms with Crippen molar-refractivity contribution in [3.8, 4) is 5.75 Å². The molecule has 0 radical (unpaired) electrons. The van der Waals surface area contributed by atoms with Gasteiger partial charge in [-0.15, -0.1) is 0 Å². The zero-order valence-corrected chi connectivity index (χ0v) is 11.7. The van der Waals surface area contributed by atoms with Gasteiger partial charge in [0.2, 0.25) is 0 Å². The molecular weight excluding hydrogens is 224 g/mol. The van der Waals surface area contributed by atoms with Crippen molar-refractivity contribution in [2.75, 3.05) is 32.8 Å². The van der Waals surface area contributed by atoms with E-state index in [1.54, 1.807) is 0 Å². The topological polar surface area (TPSA) is 38.5 Å². The van der Waals surface area contributed by atoms with E-state index in [0.717, 1.165) is 44.8 Å². The molecule has 0 fully saturated rings. The Morgan fingerprint density at radius 1 is 1.17 bits per heavy atom. The summed E-state index contributed by atoms with van der Waals surface area (Å²) in [6, 6.07) is 8.17. The molecule has 0 heterocycles. The van der Waals surface area contributed by atoms with E-state index in [1.807, 2.05) is 18.2 Å². The van der Waals surface area contributed by atoms with Crippen molar-refractivity contribution in [1.82, 2.24) is 4.90 Å². The smallest absolute Gasteiger partial charge is 0.122 e. The first-order valence-corrected chi connectivity index (χ1v) is 6.94. The molecule has 3 nitrogen and oxygen atoms in total. The highest BCUT2D eigenvalue weighted by atomic mass is 16.5. The minimum absolute atomic E-state index is 0.666. The van der Waals surface area contributed by atoms with Gasteiger partial charge in [0.25, 0.3) is 0 Å². The van der Waals surface area contributed by atoms with Crippen LogP contribution in [0.3, 0.4) is 0 Å². The molecule has 0 bridgehead atoms. The van der Waals surface area contributed by atoms with Gasteiger partial charge in [-0.2, -0.15) is 0 Å². The minimum atomic E-state index is 0.666. The van der Waals surface area contributed by atoms with E-state index in [1.165, 1.54) is 5.56 Å². The van der Waals surface area contributed by atoms with Crippen molar-refractivity contribution in [3.63, 3.8) is 0 Å². The molecule has 0 aliphatic heterocycles. The summed E-state index contributed by atoms with van der Waals surface area (Å²) >= 11 is 0. The predicted octanol–water partition coefficient (Wildman–Crippen LogP) is 2.30. The summed E-state index contributed by atoms with van der Waals surface area (Å²) in [6.45, 7) is 9.16. The standard InChI is InChI=1S/C15H26N2O/c1-3-17(4-2)12-7-13-18-15-9-6-5-8-14(15)10-11-16/h5-6,8-9H,3-4,7,10-13,16H2,1-2H3. The van der Waals surface area contributed by atoms with E-state index >= 15 is 0 Å². The van der Waals surface area contributed by atoms with Crippen molar-refractivity contribution in [1.29, 1.82) is 0 Å². The summed E-state index contributed by atoms with van der Waals surface area (Å²) in [5.41, 5.74) is 6.81. The molecule has 1 aromatic carbocycles. The molecule has 0 saturated heterocycles. The zero-order chi connectivity index (χ0) is 13.2. The second-order valence-electron chi connectivity index (χ2n) is 4.38. The van der Waals surface area contributed by atoms with Crippen molar-refractivity contribution >= 4 is 0 Å². The van der Waals surface area contributed by atoms with Gasteiger partial charge in [0.05, 0.1) is 6.61 Å². The highest BCUT2D eigenvalue weighted by Gasteiger charge is 2.03. The van der Waals surface area contributed by atoms with Crippen molar-refractivity contribution < 1.29 is 4.74 Å². The Labute approximate surface area is 111 Å². The summed E-state index contributed by atoms with van der Waals surface area (Å²) in [7, 11) is 0. The lowest BCUT2D eigenvalue weighted by atomic mass is 10.1. The first-order chi connectivity index (χ1) is 8.81. The number of hydrogen-bond acceptors (Lipinski definition) is 3. The van der Waals surface area contributed by atoms with Gasteiger partial charge in [0.15, 0.2) is 0 Å². The third-order valence-corrected chi connectivity index (χ3v) is 3.16. The van der Waals surface area contributed by atoms with Crippen LogP contribution < -0.4 is 10.5 Å². The summed E-state index contributed by atoms with van der Waals surface area (Å²) in [5, 5.41) is 0. The van der Waals surface area contributed by atoms with Crippen LogP contribution in [0.15, 0.2) is 24.3 Å². The maximum absolute atomic E-state index is 5.85. The molecule has 0 unspecified atom stereocenters. The zero-order valence-electron chi connectivity index (χ0n) is 11.7. The molecule has 3 heteroatoms. The molecule has 1 aromatic rings. The number of hydrogen-bond donors (Lipinski definition) is 1. The number of para-hydroxylation sites is 1. The number of ether oxygens (including phenoxy) is 1. The number of nitrogens with two attached hydrogens (primary N) is 1. The highest BCUT2D eigenvalue weighted by Crippen LogP contribution is 2.18. The van der Waals surface area contributed by atoms with Gasteiger partial charge in [-0.1, -0.05) is 32.0 Å². The molecule has 18 heavy (non-hydrogen) atoms. The Kier molecular flexibility index (Phi) is 7.46. The Balaban J connectivity index is 2.34. The van der Waals surface area contributed by atoms with Crippen molar-refractivity contribution in [2.24, 2.45) is 5.73 Å². The lowest BCUT2D eigenvalue weighted by Crippen LogP contribution is -2.25. The van der Waals surface area contributed by atoms with Crippen molar-refractivity contribution in [2.45, 2.75) is 26.7 Å². The summed E-state index contributed by atoms with van der Waals surface area (Å²) in [4.78, 5) is 2.41. The molecule has 0 saturated carbocycles. The molecule has 0 aliphatic rings. The second kappa shape index (κ2) is 8.95. The normalized spacial score (nSPS) is 10.9. The van der Waals surface area contributed by atoms with Gasteiger partial charge in [-0.3, -0.25) is 0 Å². The van der Waals surface area contributed by atoms with Crippen LogP contribution in [-0.4, -0.2) is 37.7 Å². The van der Waals surface area contributed by atoms with Gasteiger partial charge in [0.1, 0.15) is 5.75 Å². The number of nitrogens with zero attached hydrogens (tertiary/aromatic N) is 1. The fourth-order valence-corrected chi connectivity index (χ4v) is 2.02. The average molecular weight is 250 g/mol. The fourth-order valence-electron chi connectivity index (χ4n) is 2.02. The van der Waals surface area contributed by atoms with Crippen LogP contribution in [-0.2, 0) is 6.42 Å². The van der Waals surface area contributed by atoms with Crippen LogP contribution in [0.25, 0.3) is 0 Å². The molecule has 0 spiro atoms. The first-order valence-electron chi connectivity index (χ1n) is 6.94. The van der Waals surface area contributed by atoms with E-state index in [-0.39, 0.29) is 0 Å². The van der Waals surface area contributed by atoms with Gasteiger partial charge in [0, 0.05) is 6.54 Å². The maximum Gasteiger partial charge on any atom is 0.122 e. The average Bonchev–Trinajstić information content (AvgIpc) is 2.41. The second-order valence-corrected chi connectivity index (χ2v) is 4.38. The van der Waals surface area contributed by atoms with Crippen LogP contribution in [0.2, 0.25) is 0 Å². The highest BCUT2D eigenvalue weighted by molar-refractivity contribution is 5.33. The molecular formula is C15H26N2O. The molecule has 0 amide bonds. The molecule has 2 N–H and O–H groups in total. The third kappa shape index (κ3) is 5.07. The van der Waals surface area contributed by atoms with E-state index < -0.39 is 0 Å². The van der Waals surface area contributed by atoms with E-state index in [4.69, 9.17) is 10.5 Å². The molecule has 0 aliphatic carbocycles. The Morgan fingerprint density at radius 2 is 1.89 bits per heavy atom. The van der Waals surface area contributed by atoms with Crippen LogP contribution in [0.1, 0.15) is 25.8 Å². The SMILES string of the molecule is CCN(CC)CCCOc1ccccc1CCN. The first kappa shape index (κ1) is 15.0. The van der Waals surface area contributed by atoms with Gasteiger partial charge < -0.3 is 15.4 Å². The number of benzene rings is 1. The van der Waals surface area contributed by atoms with Crippen LogP contribution in [0.4, 0.5) is 0 Å². The lowest BCUT2D eigenvalue weighted by Gasteiger charge is -2.18.